The summed E-state index contributed by atoms with van der Waals surface area (Å²) in [7, 11) is 1.61. The van der Waals surface area contributed by atoms with Gasteiger partial charge in [-0.25, -0.2) is 22.8 Å². The minimum Gasteiger partial charge on any atom is -0.284 e. The molecule has 11 heteroatoms. The highest BCUT2D eigenvalue weighted by Crippen LogP contribution is 2.55. The number of nitrogens with zero attached hydrogens (tertiary/aromatic N) is 6. The zero-order chi connectivity index (χ0) is 28.6. The molecular weight excluding hydrogens is 541 g/mol. The third-order valence-electron chi connectivity index (χ3n) is 6.76. The zero-order valence-electron chi connectivity index (χ0n) is 21.8. The van der Waals surface area contributed by atoms with Crippen molar-refractivity contribution in [1.29, 1.82) is 0 Å². The summed E-state index contributed by atoms with van der Waals surface area (Å²) in [5, 5.41) is 3.87. The lowest BCUT2D eigenvalue weighted by molar-refractivity contribution is 0.598. The predicted molar refractivity (Wildman–Crippen MR) is 148 cm³/mol. The van der Waals surface area contributed by atoms with Crippen molar-refractivity contribution < 1.29 is 13.2 Å². The van der Waals surface area contributed by atoms with Crippen molar-refractivity contribution in [2.24, 2.45) is 12.0 Å². The fourth-order valence-electron chi connectivity index (χ4n) is 4.70. The first-order valence-electron chi connectivity index (χ1n) is 12.4. The monoisotopic (exact) mass is 564 g/mol. The van der Waals surface area contributed by atoms with E-state index in [4.69, 9.17) is 11.6 Å². The molecule has 5 rings (SSSR count). The van der Waals surface area contributed by atoms with Gasteiger partial charge < -0.3 is 0 Å². The molecule has 3 heterocycles. The van der Waals surface area contributed by atoms with Crippen LogP contribution in [0.4, 0.5) is 13.2 Å². The quantitative estimate of drug-likeness (QED) is 0.245. The lowest BCUT2D eigenvalue weighted by atomic mass is 10.0. The number of hydrogen-bond donors (Lipinski definition) is 0. The van der Waals surface area contributed by atoms with Gasteiger partial charge in [0, 0.05) is 36.6 Å². The molecule has 1 fully saturated rings. The van der Waals surface area contributed by atoms with Crippen LogP contribution >= 0.6 is 11.6 Å². The van der Waals surface area contributed by atoms with E-state index in [1.54, 1.807) is 39.1 Å². The van der Waals surface area contributed by atoms with Gasteiger partial charge in [0.1, 0.15) is 28.7 Å². The third kappa shape index (κ3) is 5.02. The Morgan fingerprint density at radius 3 is 2.67 bits per heavy atom. The van der Waals surface area contributed by atoms with Gasteiger partial charge in [-0.05, 0) is 62.1 Å². The molecule has 0 saturated heterocycles. The standard InChI is InChI=1S/C29H24ClF3N6O/c1-4-10-34-26(17-7-5-8-18(25(17)33)28-36-15-37-38(28)3)23(32)14-39-16(2)12-20(24(30)29(39)40)19-13-21(19)27-22(31)9-6-11-35-27/h4-12,14-15,19,21H,13H2,1-3H3/b10-4+,23-14-,34-26+. The van der Waals surface area contributed by atoms with E-state index in [-0.39, 0.29) is 39.5 Å². The second-order valence-corrected chi connectivity index (χ2v) is 9.74. The normalized spacial score (nSPS) is 17.6. The maximum absolute atomic E-state index is 15.8. The first-order chi connectivity index (χ1) is 19.2. The molecule has 1 aliphatic carbocycles. The Labute approximate surface area is 233 Å². The average molecular weight is 565 g/mol. The summed E-state index contributed by atoms with van der Waals surface area (Å²) in [5.41, 5.74) is 0.282. The number of aryl methyl sites for hydroxylation is 2. The lowest BCUT2D eigenvalue weighted by Gasteiger charge is -2.12. The minimum absolute atomic E-state index is 0.0964. The summed E-state index contributed by atoms with van der Waals surface area (Å²) in [4.78, 5) is 25.6. The van der Waals surface area contributed by atoms with Gasteiger partial charge in [0.25, 0.3) is 5.56 Å². The maximum atomic E-state index is 15.8. The molecule has 2 unspecified atom stereocenters. The molecule has 3 aromatic heterocycles. The van der Waals surface area contributed by atoms with Crippen molar-refractivity contribution in [1.82, 2.24) is 24.3 Å². The first kappa shape index (κ1) is 27.3. The number of allylic oxidation sites excluding steroid dienone is 2. The van der Waals surface area contributed by atoms with Crippen molar-refractivity contribution in [3.63, 3.8) is 0 Å². The molecule has 0 amide bonds. The fourth-order valence-corrected chi connectivity index (χ4v) is 4.99. The van der Waals surface area contributed by atoms with E-state index in [0.29, 0.717) is 23.4 Å². The smallest absolute Gasteiger partial charge is 0.273 e. The van der Waals surface area contributed by atoms with Gasteiger partial charge >= 0.3 is 0 Å². The number of pyridine rings is 2. The summed E-state index contributed by atoms with van der Waals surface area (Å²) in [5.74, 6) is -2.25. The molecule has 1 aliphatic rings. The van der Waals surface area contributed by atoms with Crippen LogP contribution in [0.3, 0.4) is 0 Å². The van der Waals surface area contributed by atoms with Crippen LogP contribution in [-0.2, 0) is 7.05 Å². The summed E-state index contributed by atoms with van der Waals surface area (Å²) in [6, 6.07) is 8.99. The van der Waals surface area contributed by atoms with Gasteiger partial charge in [0.05, 0.1) is 17.5 Å². The number of aliphatic imine (C=N–C) groups is 1. The molecule has 0 radical (unpaired) electrons. The number of halogens is 4. The Bertz CT molecular complexity index is 1760. The van der Waals surface area contributed by atoms with Crippen LogP contribution in [0.1, 0.15) is 47.7 Å². The van der Waals surface area contributed by atoms with Crippen LogP contribution in [0, 0.1) is 18.6 Å². The van der Waals surface area contributed by atoms with Gasteiger partial charge in [-0.15, -0.1) is 0 Å². The zero-order valence-corrected chi connectivity index (χ0v) is 22.6. The van der Waals surface area contributed by atoms with E-state index in [1.165, 1.54) is 47.7 Å². The van der Waals surface area contributed by atoms with E-state index in [0.717, 1.165) is 10.8 Å². The van der Waals surface area contributed by atoms with E-state index < -0.39 is 23.0 Å². The summed E-state index contributed by atoms with van der Waals surface area (Å²) in [6.07, 6.45) is 7.22. The van der Waals surface area contributed by atoms with Crippen molar-refractivity contribution in [2.45, 2.75) is 32.1 Å². The van der Waals surface area contributed by atoms with E-state index in [1.807, 2.05) is 0 Å². The Kier molecular flexibility index (Phi) is 7.53. The van der Waals surface area contributed by atoms with Gasteiger partial charge in [0.2, 0.25) is 0 Å². The summed E-state index contributed by atoms with van der Waals surface area (Å²) < 4.78 is 48.2. The van der Waals surface area contributed by atoms with Crippen LogP contribution in [-0.4, -0.2) is 30.0 Å². The molecule has 40 heavy (non-hydrogen) atoms. The average Bonchev–Trinajstić information content (AvgIpc) is 3.61. The molecule has 1 aromatic carbocycles. The Morgan fingerprint density at radius 2 is 1.98 bits per heavy atom. The molecule has 0 spiro atoms. The largest absolute Gasteiger partial charge is 0.284 e. The molecule has 204 valence electrons. The SMILES string of the molecule is C/C=C/N=C(/C(F)=C/n1c(C)cc(C2CC2c2ncccc2F)c(Cl)c1=O)c1cccc(-c2ncnn2C)c1F. The van der Waals surface area contributed by atoms with Crippen LogP contribution < -0.4 is 5.56 Å². The van der Waals surface area contributed by atoms with Crippen molar-refractivity contribution in [2.75, 3.05) is 0 Å². The molecule has 7 nitrogen and oxygen atoms in total. The molecule has 0 bridgehead atoms. The third-order valence-corrected chi connectivity index (χ3v) is 7.14. The lowest BCUT2D eigenvalue weighted by Crippen LogP contribution is -2.21. The number of hydrogen-bond acceptors (Lipinski definition) is 5. The number of benzene rings is 1. The molecule has 2 atom stereocenters. The summed E-state index contributed by atoms with van der Waals surface area (Å²) >= 11 is 6.46. The molecule has 4 aromatic rings. The second-order valence-electron chi connectivity index (χ2n) is 9.36. The molecule has 1 saturated carbocycles. The van der Waals surface area contributed by atoms with Gasteiger partial charge in [-0.1, -0.05) is 23.7 Å². The van der Waals surface area contributed by atoms with Gasteiger partial charge in [-0.3, -0.25) is 19.3 Å². The highest BCUT2D eigenvalue weighted by Gasteiger charge is 2.43. The number of aromatic nitrogens is 5. The van der Waals surface area contributed by atoms with Crippen LogP contribution in [0.5, 0.6) is 0 Å². The first-order valence-corrected chi connectivity index (χ1v) is 12.8. The molecular formula is C29H24ClF3N6O. The number of rotatable bonds is 7. The van der Waals surface area contributed by atoms with Crippen LogP contribution in [0.15, 0.2) is 76.8 Å². The minimum atomic E-state index is -0.957. The highest BCUT2D eigenvalue weighted by atomic mass is 35.5. The molecule has 0 N–H and O–H groups in total. The van der Waals surface area contributed by atoms with Crippen LogP contribution in [0.2, 0.25) is 5.02 Å². The van der Waals surface area contributed by atoms with Gasteiger partial charge in [-0.2, -0.15) is 5.10 Å². The van der Waals surface area contributed by atoms with Crippen molar-refractivity contribution in [3.8, 4) is 11.4 Å². The van der Waals surface area contributed by atoms with Gasteiger partial charge in [0.15, 0.2) is 11.7 Å². The predicted octanol–water partition coefficient (Wildman–Crippen LogP) is 6.34. The van der Waals surface area contributed by atoms with Crippen LogP contribution in [0.25, 0.3) is 17.6 Å². The fraction of sp³-hybridized carbons (Fsp3) is 0.207. The molecule has 0 aliphatic heterocycles. The topological polar surface area (TPSA) is 78.0 Å². The van der Waals surface area contributed by atoms with Crippen molar-refractivity contribution in [3.05, 3.63) is 117 Å². The highest BCUT2D eigenvalue weighted by molar-refractivity contribution is 6.31. The van der Waals surface area contributed by atoms with E-state index in [9.17, 15) is 9.18 Å². The summed E-state index contributed by atoms with van der Waals surface area (Å²) in [6.45, 7) is 3.31. The van der Waals surface area contributed by atoms with E-state index in [2.05, 4.69) is 20.1 Å². The van der Waals surface area contributed by atoms with E-state index >= 15 is 8.78 Å². The Morgan fingerprint density at radius 1 is 1.18 bits per heavy atom. The van der Waals surface area contributed by atoms with Crippen molar-refractivity contribution >= 4 is 23.5 Å². The second kappa shape index (κ2) is 11.1. The Hall–Kier alpha value is -4.31. The maximum Gasteiger partial charge on any atom is 0.273 e. The Balaban J connectivity index is 1.53.